The third-order valence-electron chi connectivity index (χ3n) is 4.67. The number of nitrogens with zero attached hydrogens (tertiary/aromatic N) is 1. The van der Waals surface area contributed by atoms with Crippen molar-refractivity contribution >= 4 is 34.8 Å². The summed E-state index contributed by atoms with van der Waals surface area (Å²) in [5.41, 5.74) is 5.89. The monoisotopic (exact) mass is 440 g/mol. The van der Waals surface area contributed by atoms with Gasteiger partial charge in [-0.3, -0.25) is 4.79 Å². The Morgan fingerprint density at radius 2 is 1.79 bits per heavy atom. The Bertz CT molecular complexity index is 900. The van der Waals surface area contributed by atoms with Gasteiger partial charge in [0, 0.05) is 37.7 Å². The molecular weight excluding hydrogens is 418 g/mol. The number of benzene rings is 2. The van der Waals surface area contributed by atoms with Crippen molar-refractivity contribution in [1.29, 1.82) is 0 Å². The molecule has 0 aliphatic carbocycles. The normalized spacial score (nSPS) is 14.9. The predicted molar refractivity (Wildman–Crippen MR) is 113 cm³/mol. The zero-order valence-electron chi connectivity index (χ0n) is 16.3. The summed E-state index contributed by atoms with van der Waals surface area (Å²) < 4.78 is 25.5. The van der Waals surface area contributed by atoms with Gasteiger partial charge in [-0.05, 0) is 38.1 Å². The van der Waals surface area contributed by atoms with E-state index in [-0.39, 0.29) is 28.5 Å². The molecule has 2 aromatic rings. The van der Waals surface area contributed by atoms with Crippen LogP contribution in [0.3, 0.4) is 0 Å². The summed E-state index contributed by atoms with van der Waals surface area (Å²) in [4.78, 5) is 13.4. The van der Waals surface area contributed by atoms with Gasteiger partial charge in [-0.2, -0.15) is 0 Å². The molecule has 1 saturated heterocycles. The zero-order chi connectivity index (χ0) is 21.1. The summed E-state index contributed by atoms with van der Waals surface area (Å²) in [6.45, 7) is 5.42. The largest absolute Gasteiger partial charge is 0.489 e. The Morgan fingerprint density at radius 3 is 2.38 bits per heavy atom. The molecule has 2 aromatic carbocycles. The van der Waals surface area contributed by atoms with E-state index in [9.17, 15) is 9.18 Å². The van der Waals surface area contributed by atoms with Gasteiger partial charge >= 0.3 is 0 Å². The van der Waals surface area contributed by atoms with Crippen molar-refractivity contribution in [3.05, 3.63) is 51.8 Å². The molecule has 2 N–H and O–H groups in total. The molecule has 0 unspecified atom stereocenters. The van der Waals surface area contributed by atoms with E-state index in [0.29, 0.717) is 10.8 Å². The van der Waals surface area contributed by atoms with Crippen molar-refractivity contribution in [3.8, 4) is 11.5 Å². The Kier molecular flexibility index (Phi) is 6.75. The van der Waals surface area contributed by atoms with Gasteiger partial charge in [-0.15, -0.1) is 0 Å². The highest BCUT2D eigenvalue weighted by atomic mass is 35.5. The lowest BCUT2D eigenvalue weighted by Gasteiger charge is -2.34. The Hall–Kier alpha value is -2.18. The average molecular weight is 441 g/mol. The molecule has 3 rings (SSSR count). The van der Waals surface area contributed by atoms with Crippen LogP contribution < -0.4 is 20.1 Å². The van der Waals surface area contributed by atoms with Gasteiger partial charge < -0.3 is 20.1 Å². The number of amides is 1. The molecular formula is C21H23Cl2FN2O3. The molecule has 0 atom stereocenters. The van der Waals surface area contributed by atoms with E-state index in [1.807, 2.05) is 32.0 Å². The van der Waals surface area contributed by atoms with Crippen molar-refractivity contribution < 1.29 is 18.7 Å². The molecule has 0 aromatic heterocycles. The number of hydrogen-bond donors (Lipinski definition) is 1. The second kappa shape index (κ2) is 9.09. The van der Waals surface area contributed by atoms with Gasteiger partial charge in [0.1, 0.15) is 23.4 Å². The van der Waals surface area contributed by atoms with Crippen molar-refractivity contribution in [2.45, 2.75) is 38.9 Å². The highest BCUT2D eigenvalue weighted by molar-refractivity contribution is 6.32. The van der Waals surface area contributed by atoms with Gasteiger partial charge in [0.25, 0.3) is 5.91 Å². The van der Waals surface area contributed by atoms with Crippen molar-refractivity contribution in [3.63, 3.8) is 0 Å². The first-order chi connectivity index (χ1) is 13.7. The van der Waals surface area contributed by atoms with Crippen LogP contribution in [-0.4, -0.2) is 31.2 Å². The van der Waals surface area contributed by atoms with Crippen LogP contribution in [0, 0.1) is 5.82 Å². The summed E-state index contributed by atoms with van der Waals surface area (Å²) >= 11 is 12.5. The molecule has 0 radical (unpaired) electrons. The number of hydrogen-bond acceptors (Lipinski definition) is 4. The Balaban J connectivity index is 1.62. The first-order valence-electron chi connectivity index (χ1n) is 9.41. The highest BCUT2D eigenvalue weighted by Crippen LogP contribution is 2.33. The van der Waals surface area contributed by atoms with Crippen LogP contribution in [0.5, 0.6) is 11.5 Å². The van der Waals surface area contributed by atoms with Crippen LogP contribution in [0.15, 0.2) is 30.3 Å². The summed E-state index contributed by atoms with van der Waals surface area (Å²) in [5, 5.41) is 0.738. The number of carbonyl (C=O) groups excluding carboxylic acids is 1. The maximum Gasteiger partial charge on any atom is 0.251 e. The molecule has 1 aliphatic rings. The van der Waals surface area contributed by atoms with Crippen molar-refractivity contribution in [2.75, 3.05) is 18.0 Å². The quantitative estimate of drug-likeness (QED) is 0.680. The fraction of sp³-hybridized carbons (Fsp3) is 0.381. The third-order valence-corrected chi connectivity index (χ3v) is 5.26. The number of primary amides is 1. The summed E-state index contributed by atoms with van der Waals surface area (Å²) in [6.07, 6.45) is 1.41. The molecule has 0 bridgehead atoms. The molecule has 5 nitrogen and oxygen atoms in total. The third kappa shape index (κ3) is 5.25. The van der Waals surface area contributed by atoms with E-state index in [0.717, 1.165) is 37.7 Å². The standard InChI is InChI=1S/C21H23Cl2FN2O3/c1-12(2)28-19-4-3-13(9-16(19)22)26-7-5-14(6-8-26)29-20-11-18(24)15(21(25)27)10-17(20)23/h3-4,9-12,14H,5-8H2,1-2H3,(H2,25,27). The van der Waals surface area contributed by atoms with E-state index in [4.69, 9.17) is 38.4 Å². The lowest BCUT2D eigenvalue weighted by molar-refractivity contribution is 0.0996. The number of ether oxygens (including phenoxy) is 2. The lowest BCUT2D eigenvalue weighted by Crippen LogP contribution is -2.38. The van der Waals surface area contributed by atoms with Crippen LogP contribution in [-0.2, 0) is 0 Å². The fourth-order valence-electron chi connectivity index (χ4n) is 3.26. The SMILES string of the molecule is CC(C)Oc1ccc(N2CCC(Oc3cc(F)c(C(N)=O)cc3Cl)CC2)cc1Cl. The van der Waals surface area contributed by atoms with Crippen molar-refractivity contribution in [1.82, 2.24) is 0 Å². The average Bonchev–Trinajstić information content (AvgIpc) is 2.66. The molecule has 1 heterocycles. The van der Waals surface area contributed by atoms with Gasteiger partial charge in [0.05, 0.1) is 21.7 Å². The molecule has 0 saturated carbocycles. The van der Waals surface area contributed by atoms with Crippen LogP contribution in [0.2, 0.25) is 10.0 Å². The summed E-state index contributed by atoms with van der Waals surface area (Å²) in [6, 6.07) is 8.08. The van der Waals surface area contributed by atoms with Crippen LogP contribution in [0.1, 0.15) is 37.0 Å². The minimum atomic E-state index is -0.868. The zero-order valence-corrected chi connectivity index (χ0v) is 17.8. The van der Waals surface area contributed by atoms with E-state index in [2.05, 4.69) is 4.90 Å². The number of piperidine rings is 1. The van der Waals surface area contributed by atoms with E-state index in [1.54, 1.807) is 0 Å². The first-order valence-corrected chi connectivity index (χ1v) is 10.2. The van der Waals surface area contributed by atoms with Crippen LogP contribution in [0.25, 0.3) is 0 Å². The minimum absolute atomic E-state index is 0.0555. The Labute approximate surface area is 179 Å². The smallest absolute Gasteiger partial charge is 0.251 e. The van der Waals surface area contributed by atoms with E-state index < -0.39 is 11.7 Å². The molecule has 1 fully saturated rings. The minimum Gasteiger partial charge on any atom is -0.489 e. The lowest BCUT2D eigenvalue weighted by atomic mass is 10.1. The number of carbonyl (C=O) groups is 1. The number of rotatable bonds is 6. The summed E-state index contributed by atoms with van der Waals surface area (Å²) in [5.74, 6) is -0.731. The number of nitrogens with two attached hydrogens (primary N) is 1. The number of anilines is 1. The van der Waals surface area contributed by atoms with Crippen LogP contribution >= 0.6 is 23.2 Å². The molecule has 8 heteroatoms. The first kappa shape index (κ1) is 21.5. The fourth-order valence-corrected chi connectivity index (χ4v) is 3.68. The van der Waals surface area contributed by atoms with Gasteiger partial charge in [0.2, 0.25) is 0 Å². The molecule has 156 valence electrons. The van der Waals surface area contributed by atoms with Gasteiger partial charge in [0.15, 0.2) is 0 Å². The highest BCUT2D eigenvalue weighted by Gasteiger charge is 2.23. The van der Waals surface area contributed by atoms with Crippen molar-refractivity contribution in [2.24, 2.45) is 5.73 Å². The Morgan fingerprint density at radius 1 is 1.14 bits per heavy atom. The maximum absolute atomic E-state index is 14.0. The number of halogens is 3. The van der Waals surface area contributed by atoms with E-state index >= 15 is 0 Å². The topological polar surface area (TPSA) is 64.8 Å². The summed E-state index contributed by atoms with van der Waals surface area (Å²) in [7, 11) is 0. The van der Waals surface area contributed by atoms with Gasteiger partial charge in [-0.1, -0.05) is 23.2 Å². The van der Waals surface area contributed by atoms with E-state index in [1.165, 1.54) is 6.07 Å². The van der Waals surface area contributed by atoms with Crippen LogP contribution in [0.4, 0.5) is 10.1 Å². The molecule has 1 aliphatic heterocycles. The predicted octanol–water partition coefficient (Wildman–Crippen LogP) is 5.07. The molecule has 29 heavy (non-hydrogen) atoms. The second-order valence-corrected chi connectivity index (χ2v) is 8.03. The van der Waals surface area contributed by atoms with Gasteiger partial charge in [-0.25, -0.2) is 4.39 Å². The molecule has 0 spiro atoms. The maximum atomic E-state index is 14.0. The second-order valence-electron chi connectivity index (χ2n) is 7.21. The molecule has 1 amide bonds.